The fraction of sp³-hybridized carbons (Fsp3) is 0.818. The predicted molar refractivity (Wildman–Crippen MR) is 64.8 cm³/mol. The summed E-state index contributed by atoms with van der Waals surface area (Å²) in [6.45, 7) is 0.195. The van der Waals surface area contributed by atoms with E-state index in [2.05, 4.69) is 4.74 Å². The fourth-order valence-corrected chi connectivity index (χ4v) is 4.74. The number of fused-ring (bicyclic) bond motifs is 1. The third-order valence-electron chi connectivity index (χ3n) is 3.99. The van der Waals surface area contributed by atoms with Gasteiger partial charge >= 0.3 is 11.9 Å². The summed E-state index contributed by atoms with van der Waals surface area (Å²) >= 11 is 0. The molecule has 1 aliphatic heterocycles. The summed E-state index contributed by atoms with van der Waals surface area (Å²) in [7, 11) is -2.83. The van der Waals surface area contributed by atoms with E-state index in [1.165, 1.54) is 0 Å². The molecule has 0 amide bonds. The van der Waals surface area contributed by atoms with Crippen molar-refractivity contribution in [2.24, 2.45) is 11.8 Å². The molecule has 1 heterocycles. The second-order valence-corrected chi connectivity index (χ2v) is 6.96. The number of carboxylic acids is 1. The van der Waals surface area contributed by atoms with Crippen LogP contribution in [0.5, 0.6) is 0 Å². The van der Waals surface area contributed by atoms with E-state index in [9.17, 15) is 23.1 Å². The van der Waals surface area contributed by atoms with Crippen LogP contribution >= 0.6 is 0 Å². The van der Waals surface area contributed by atoms with Crippen LogP contribution in [0.15, 0.2) is 0 Å². The van der Waals surface area contributed by atoms with E-state index < -0.39 is 33.8 Å². The molecule has 1 N–H and O–H groups in total. The molecule has 8 heteroatoms. The van der Waals surface area contributed by atoms with Gasteiger partial charge in [-0.15, -0.1) is 0 Å². The van der Waals surface area contributed by atoms with Crippen LogP contribution < -0.4 is 0 Å². The number of ether oxygens (including phenoxy) is 1. The third kappa shape index (κ3) is 2.59. The van der Waals surface area contributed by atoms with E-state index in [4.69, 9.17) is 0 Å². The maximum Gasteiger partial charge on any atom is 0.322 e. The Hall–Kier alpha value is -1.15. The van der Waals surface area contributed by atoms with Gasteiger partial charge < -0.3 is 9.84 Å². The van der Waals surface area contributed by atoms with Crippen LogP contribution in [0.1, 0.15) is 19.3 Å². The van der Waals surface area contributed by atoms with Crippen molar-refractivity contribution in [3.63, 3.8) is 0 Å². The van der Waals surface area contributed by atoms with Gasteiger partial charge in [-0.3, -0.25) is 9.59 Å². The molecule has 7 nitrogen and oxygen atoms in total. The second kappa shape index (κ2) is 5.09. The number of carbonyl (C=O) groups is 2. The first-order valence-electron chi connectivity index (χ1n) is 6.16. The molecule has 2 fully saturated rings. The molecule has 19 heavy (non-hydrogen) atoms. The zero-order valence-corrected chi connectivity index (χ0v) is 11.4. The average molecular weight is 291 g/mol. The highest BCUT2D eigenvalue weighted by Crippen LogP contribution is 2.43. The fourth-order valence-electron chi connectivity index (χ4n) is 3.15. The van der Waals surface area contributed by atoms with Gasteiger partial charge in [0, 0.05) is 6.54 Å². The zero-order valence-electron chi connectivity index (χ0n) is 10.6. The standard InChI is InChI=1S/C11H17NO6S/c1-18-9(13)6-19(16,17)12-5-7-3-2-4-8(7)10(12)11(14)15/h7-8,10H,2-6H2,1H3,(H,14,15). The monoisotopic (exact) mass is 291 g/mol. The summed E-state index contributed by atoms with van der Waals surface area (Å²) in [5.74, 6) is -2.85. The summed E-state index contributed by atoms with van der Waals surface area (Å²) in [4.78, 5) is 22.5. The SMILES string of the molecule is COC(=O)CS(=O)(=O)N1CC2CCCC2C1C(=O)O. The summed E-state index contributed by atoms with van der Waals surface area (Å²) in [5, 5.41) is 9.26. The molecule has 0 bridgehead atoms. The van der Waals surface area contributed by atoms with Crippen LogP contribution in [0, 0.1) is 11.8 Å². The Labute approximate surface area is 111 Å². The van der Waals surface area contributed by atoms with Crippen molar-refractivity contribution in [2.75, 3.05) is 19.4 Å². The number of sulfonamides is 1. The van der Waals surface area contributed by atoms with E-state index in [1.54, 1.807) is 0 Å². The quantitative estimate of drug-likeness (QED) is 0.712. The Balaban J connectivity index is 2.23. The molecule has 108 valence electrons. The van der Waals surface area contributed by atoms with Crippen LogP contribution in [0.2, 0.25) is 0 Å². The summed E-state index contributed by atoms with van der Waals surface area (Å²) in [6, 6.07) is -1.04. The Morgan fingerprint density at radius 2 is 2.05 bits per heavy atom. The average Bonchev–Trinajstić information content (AvgIpc) is 2.86. The van der Waals surface area contributed by atoms with Crippen molar-refractivity contribution in [1.29, 1.82) is 0 Å². The molecule has 0 aromatic carbocycles. The lowest BCUT2D eigenvalue weighted by molar-refractivity contribution is -0.142. The minimum Gasteiger partial charge on any atom is -0.480 e. The van der Waals surface area contributed by atoms with E-state index in [0.717, 1.165) is 30.7 Å². The highest BCUT2D eigenvalue weighted by atomic mass is 32.2. The molecule has 0 radical (unpaired) electrons. The molecule has 1 aliphatic carbocycles. The third-order valence-corrected chi connectivity index (χ3v) is 5.68. The highest BCUT2D eigenvalue weighted by molar-refractivity contribution is 7.89. The molecule has 3 atom stereocenters. The minimum absolute atomic E-state index is 0.0912. The van der Waals surface area contributed by atoms with Gasteiger partial charge in [0.25, 0.3) is 0 Å². The van der Waals surface area contributed by atoms with Crippen molar-refractivity contribution in [3.05, 3.63) is 0 Å². The van der Waals surface area contributed by atoms with Gasteiger partial charge in [-0.2, -0.15) is 4.31 Å². The molecule has 0 aromatic heterocycles. The zero-order chi connectivity index (χ0) is 14.2. The van der Waals surface area contributed by atoms with Crippen molar-refractivity contribution >= 4 is 22.0 Å². The molecule has 1 saturated heterocycles. The molecule has 0 aromatic rings. The van der Waals surface area contributed by atoms with Gasteiger partial charge in [-0.25, -0.2) is 8.42 Å². The number of methoxy groups -OCH3 is 1. The van der Waals surface area contributed by atoms with Crippen molar-refractivity contribution < 1.29 is 27.9 Å². The van der Waals surface area contributed by atoms with Crippen molar-refractivity contribution in [3.8, 4) is 0 Å². The van der Waals surface area contributed by atoms with Gasteiger partial charge in [-0.1, -0.05) is 6.42 Å². The summed E-state index contributed by atoms with van der Waals surface area (Å²) in [6.07, 6.45) is 2.51. The van der Waals surface area contributed by atoms with Crippen LogP contribution in [0.3, 0.4) is 0 Å². The Morgan fingerprint density at radius 1 is 1.37 bits per heavy atom. The lowest BCUT2D eigenvalue weighted by Crippen LogP contribution is -2.45. The predicted octanol–water partition coefficient (Wildman–Crippen LogP) is -0.326. The lowest BCUT2D eigenvalue weighted by Gasteiger charge is -2.23. The Morgan fingerprint density at radius 3 is 2.63 bits per heavy atom. The number of nitrogens with zero attached hydrogens (tertiary/aromatic N) is 1. The molecule has 2 aliphatic rings. The maximum atomic E-state index is 12.1. The summed E-state index contributed by atoms with van der Waals surface area (Å²) in [5.41, 5.74) is 0. The molecule has 1 saturated carbocycles. The normalized spacial score (nSPS) is 31.1. The topological polar surface area (TPSA) is 101 Å². The maximum absolute atomic E-state index is 12.1. The van der Waals surface area contributed by atoms with Gasteiger partial charge in [-0.05, 0) is 24.7 Å². The van der Waals surface area contributed by atoms with Gasteiger partial charge in [0.2, 0.25) is 10.0 Å². The number of hydrogen-bond donors (Lipinski definition) is 1. The van der Waals surface area contributed by atoms with Gasteiger partial charge in [0.05, 0.1) is 7.11 Å². The van der Waals surface area contributed by atoms with E-state index in [0.29, 0.717) is 0 Å². The van der Waals surface area contributed by atoms with Crippen LogP contribution in [-0.2, 0) is 24.3 Å². The first-order valence-corrected chi connectivity index (χ1v) is 7.77. The lowest BCUT2D eigenvalue weighted by atomic mass is 9.94. The first-order chi connectivity index (χ1) is 8.86. The van der Waals surface area contributed by atoms with Gasteiger partial charge in [0.15, 0.2) is 5.75 Å². The van der Waals surface area contributed by atoms with Crippen molar-refractivity contribution in [2.45, 2.75) is 25.3 Å². The molecular weight excluding hydrogens is 274 g/mol. The highest BCUT2D eigenvalue weighted by Gasteiger charge is 2.52. The summed E-state index contributed by atoms with van der Waals surface area (Å²) < 4.78 is 29.5. The second-order valence-electron chi connectivity index (χ2n) is 5.04. The number of rotatable bonds is 4. The number of hydrogen-bond acceptors (Lipinski definition) is 5. The van der Waals surface area contributed by atoms with E-state index in [1.807, 2.05) is 0 Å². The van der Waals surface area contributed by atoms with Crippen LogP contribution in [-0.4, -0.2) is 55.2 Å². The van der Waals surface area contributed by atoms with Crippen LogP contribution in [0.25, 0.3) is 0 Å². The van der Waals surface area contributed by atoms with E-state index >= 15 is 0 Å². The largest absolute Gasteiger partial charge is 0.480 e. The molecule has 0 spiro atoms. The van der Waals surface area contributed by atoms with Gasteiger partial charge in [0.1, 0.15) is 6.04 Å². The molecule has 3 unspecified atom stereocenters. The van der Waals surface area contributed by atoms with Crippen LogP contribution in [0.4, 0.5) is 0 Å². The first kappa shape index (κ1) is 14.3. The smallest absolute Gasteiger partial charge is 0.322 e. The van der Waals surface area contributed by atoms with Crippen molar-refractivity contribution in [1.82, 2.24) is 4.31 Å². The van der Waals surface area contributed by atoms with E-state index in [-0.39, 0.29) is 18.4 Å². The Kier molecular flexibility index (Phi) is 3.82. The number of carbonyl (C=O) groups excluding carboxylic acids is 1. The number of carboxylic acid groups (broad SMARTS) is 1. The molecule has 2 rings (SSSR count). The minimum atomic E-state index is -3.93. The number of aliphatic carboxylic acids is 1. The number of esters is 1. The molecular formula is C11H17NO6S. The Bertz CT molecular complexity index is 487.